The average molecular weight is 729 g/mol. The Morgan fingerprint density at radius 3 is 1.47 bits per heavy atom. The maximum atomic E-state index is 4.93. The summed E-state index contributed by atoms with van der Waals surface area (Å²) >= 11 is -0.826. The van der Waals surface area contributed by atoms with Gasteiger partial charge >= 0.3 is 37.9 Å². The summed E-state index contributed by atoms with van der Waals surface area (Å²) in [6, 6.07) is 42.1. The Balaban J connectivity index is 0.000000209. The van der Waals surface area contributed by atoms with Crippen LogP contribution in [0, 0.1) is 6.92 Å². The van der Waals surface area contributed by atoms with Gasteiger partial charge in [0.25, 0.3) is 0 Å². The van der Waals surface area contributed by atoms with Crippen molar-refractivity contribution in [2.45, 2.75) is 72.4 Å². The molecule has 0 amide bonds. The Bertz CT molecular complexity index is 1740. The molecule has 0 aliphatic heterocycles. The van der Waals surface area contributed by atoms with E-state index < -0.39 is 20.8 Å². The molecular weight excluding hydrogens is 683 g/mol. The molecule has 2 radical (unpaired) electrons. The van der Waals surface area contributed by atoms with Gasteiger partial charge in [-0.2, -0.15) is 18.2 Å². The molecule has 0 aliphatic carbocycles. The minimum absolute atomic E-state index is 0.210. The van der Waals surface area contributed by atoms with Crippen LogP contribution in [0.15, 0.2) is 115 Å². The van der Waals surface area contributed by atoms with Gasteiger partial charge < -0.3 is 0 Å². The second-order valence-corrected chi connectivity index (χ2v) is 18.1. The van der Waals surface area contributed by atoms with Crippen molar-refractivity contribution in [1.29, 1.82) is 0 Å². The molecule has 0 saturated carbocycles. The third-order valence-electron chi connectivity index (χ3n) is 7.70. The first kappa shape index (κ1) is 37.2. The molecule has 232 valence electrons. The molecule has 0 heterocycles. The van der Waals surface area contributed by atoms with Gasteiger partial charge in [-0.15, -0.1) is 63.5 Å². The summed E-state index contributed by atoms with van der Waals surface area (Å²) in [6.07, 6.45) is 0. The van der Waals surface area contributed by atoms with Crippen LogP contribution in [0.4, 0.5) is 0 Å². The SMILES string of the molecule is CC(C)(C)c1ccc(-c2cccc3[cH-]ccc23)cc1.C[Si]C.Cc1cc2c(-c3ccc(C(C)(C)C)cc3)cccc2[cH-]1.[Cl][Zr+2][Cl]. The van der Waals surface area contributed by atoms with Gasteiger partial charge in [0.05, 0.1) is 0 Å². The first-order valence-corrected chi connectivity index (χ1v) is 23.7. The predicted octanol–water partition coefficient (Wildman–Crippen LogP) is 13.5. The van der Waals surface area contributed by atoms with Crippen molar-refractivity contribution < 1.29 is 20.8 Å². The van der Waals surface area contributed by atoms with Crippen molar-refractivity contribution in [3.63, 3.8) is 0 Å². The number of hydrogen-bond donors (Lipinski definition) is 0. The fourth-order valence-corrected chi connectivity index (χ4v) is 5.35. The molecule has 0 unspecified atom stereocenters. The van der Waals surface area contributed by atoms with Gasteiger partial charge in [0.15, 0.2) is 0 Å². The summed E-state index contributed by atoms with van der Waals surface area (Å²) in [5, 5.41) is 5.34. The molecule has 0 bridgehead atoms. The minimum atomic E-state index is -0.826. The average Bonchev–Trinajstić information content (AvgIpc) is 3.63. The van der Waals surface area contributed by atoms with E-state index in [2.05, 4.69) is 177 Å². The Morgan fingerprint density at radius 1 is 0.600 bits per heavy atom. The van der Waals surface area contributed by atoms with Gasteiger partial charge in [-0.3, -0.25) is 0 Å². The molecule has 0 nitrogen and oxygen atoms in total. The predicted molar refractivity (Wildman–Crippen MR) is 201 cm³/mol. The van der Waals surface area contributed by atoms with Crippen LogP contribution in [0.25, 0.3) is 43.8 Å². The Morgan fingerprint density at radius 2 is 1.02 bits per heavy atom. The molecule has 0 aliphatic rings. The van der Waals surface area contributed by atoms with Crippen LogP contribution in [0.1, 0.15) is 58.2 Å². The third-order valence-corrected chi connectivity index (χ3v) is 7.70. The summed E-state index contributed by atoms with van der Waals surface area (Å²) in [5.74, 6) is 0. The van der Waals surface area contributed by atoms with Crippen molar-refractivity contribution in [2.24, 2.45) is 0 Å². The van der Waals surface area contributed by atoms with Crippen molar-refractivity contribution in [2.75, 3.05) is 0 Å². The summed E-state index contributed by atoms with van der Waals surface area (Å²) < 4.78 is 0. The number of hydrogen-bond acceptors (Lipinski definition) is 0. The molecule has 45 heavy (non-hydrogen) atoms. The van der Waals surface area contributed by atoms with Crippen LogP contribution in [0.5, 0.6) is 0 Å². The van der Waals surface area contributed by atoms with E-state index >= 15 is 0 Å². The number of aryl methyl sites for hydroxylation is 1. The molecule has 6 aromatic rings. The second kappa shape index (κ2) is 17.1. The normalized spacial score (nSPS) is 11.0. The van der Waals surface area contributed by atoms with Crippen LogP contribution < -0.4 is 0 Å². The number of halogens is 2. The van der Waals surface area contributed by atoms with E-state index in [1.807, 2.05) is 0 Å². The topological polar surface area (TPSA) is 0 Å². The standard InChI is InChI=1S/C20H21.C19H19.C2H6Si.2ClH.Zr/c1-14-12-16-6-5-7-18(19(16)13-14)15-8-10-17(11-9-15)20(2,3)4;1-19(2,3)16-12-10-15(11-13-16)18-9-5-7-14-6-4-8-17(14)18;1-3-2;;;/h5-13H,1-4H3;4-13H,1-3H3;1-2H3;2*1H;/q2*-1;;;;+4/p-2. The van der Waals surface area contributed by atoms with E-state index in [-0.39, 0.29) is 10.8 Å². The van der Waals surface area contributed by atoms with Crippen LogP contribution in [0.3, 0.4) is 0 Å². The molecule has 4 heteroatoms. The van der Waals surface area contributed by atoms with Crippen molar-refractivity contribution in [3.8, 4) is 22.3 Å². The van der Waals surface area contributed by atoms with Gasteiger partial charge in [0, 0.05) is 9.52 Å². The van der Waals surface area contributed by atoms with Crippen molar-refractivity contribution in [1.82, 2.24) is 0 Å². The maximum absolute atomic E-state index is 4.93. The first-order valence-electron chi connectivity index (χ1n) is 15.4. The molecule has 0 atom stereocenters. The van der Waals surface area contributed by atoms with Crippen LogP contribution >= 0.6 is 17.0 Å². The van der Waals surface area contributed by atoms with Crippen LogP contribution in [0.2, 0.25) is 13.1 Å². The molecule has 0 fully saturated rings. The second-order valence-electron chi connectivity index (χ2n) is 13.4. The van der Waals surface area contributed by atoms with Gasteiger partial charge in [-0.05, 0) is 33.1 Å². The van der Waals surface area contributed by atoms with Crippen molar-refractivity contribution in [3.05, 3.63) is 132 Å². The van der Waals surface area contributed by atoms with Crippen LogP contribution in [-0.4, -0.2) is 9.52 Å². The first-order chi connectivity index (χ1) is 21.3. The van der Waals surface area contributed by atoms with Gasteiger partial charge in [-0.1, -0.05) is 133 Å². The van der Waals surface area contributed by atoms with Crippen molar-refractivity contribution >= 4 is 48.1 Å². The summed E-state index contributed by atoms with van der Waals surface area (Å²) in [6.45, 7) is 20.0. The van der Waals surface area contributed by atoms with Gasteiger partial charge in [-0.25, -0.2) is 0 Å². The summed E-state index contributed by atoms with van der Waals surface area (Å²) in [4.78, 5) is 0. The van der Waals surface area contributed by atoms with E-state index in [1.54, 1.807) is 0 Å². The Hall–Kier alpha value is -2.22. The summed E-state index contributed by atoms with van der Waals surface area (Å²) in [7, 11) is 11.0. The third kappa shape index (κ3) is 10.4. The zero-order valence-corrected chi connectivity index (χ0v) is 33.2. The molecule has 0 aromatic heterocycles. The van der Waals surface area contributed by atoms with E-state index in [4.69, 9.17) is 17.0 Å². The fraction of sp³-hybridized carbons (Fsp3) is 0.268. The summed E-state index contributed by atoms with van der Waals surface area (Å²) in [5.41, 5.74) is 9.77. The molecular formula is C41H46Cl2SiZr. The molecule has 0 saturated heterocycles. The Kier molecular flexibility index (Phi) is 14.1. The van der Waals surface area contributed by atoms with E-state index in [9.17, 15) is 0 Å². The number of benzene rings is 4. The van der Waals surface area contributed by atoms with Gasteiger partial charge in [0.2, 0.25) is 0 Å². The van der Waals surface area contributed by atoms with E-state index in [1.165, 1.54) is 60.5 Å². The molecule has 0 spiro atoms. The number of rotatable bonds is 2. The zero-order chi connectivity index (χ0) is 33.2. The van der Waals surface area contributed by atoms with E-state index in [0.29, 0.717) is 0 Å². The quantitative estimate of drug-likeness (QED) is 0.123. The molecule has 0 N–H and O–H groups in total. The Labute approximate surface area is 293 Å². The fourth-order valence-electron chi connectivity index (χ4n) is 5.35. The van der Waals surface area contributed by atoms with E-state index in [0.717, 1.165) is 9.52 Å². The zero-order valence-electron chi connectivity index (χ0n) is 28.2. The van der Waals surface area contributed by atoms with Crippen LogP contribution in [-0.2, 0) is 31.7 Å². The molecule has 6 aromatic carbocycles. The van der Waals surface area contributed by atoms with Gasteiger partial charge in [0.1, 0.15) is 0 Å². The number of fused-ring (bicyclic) bond motifs is 2. The molecule has 6 rings (SSSR count). The monoisotopic (exact) mass is 726 g/mol.